The van der Waals surface area contributed by atoms with Crippen molar-refractivity contribution in [3.63, 3.8) is 0 Å². The number of allylic oxidation sites excluding steroid dienone is 3. The molecule has 0 unspecified atom stereocenters. The summed E-state index contributed by atoms with van der Waals surface area (Å²) in [4.78, 5) is 3.88. The molecule has 0 atom stereocenters. The van der Waals surface area contributed by atoms with Crippen molar-refractivity contribution >= 4 is 6.40 Å². The average molecular weight is 135 g/mol. The van der Waals surface area contributed by atoms with Gasteiger partial charge in [0.05, 0.1) is 5.70 Å². The Morgan fingerprint density at radius 3 is 3.30 bits per heavy atom. The molecule has 1 rings (SSSR count). The van der Waals surface area contributed by atoms with E-state index in [0.29, 0.717) is 12.3 Å². The minimum Gasteiger partial charge on any atom is -0.479 e. The van der Waals surface area contributed by atoms with Gasteiger partial charge in [0, 0.05) is 0 Å². The van der Waals surface area contributed by atoms with Crippen molar-refractivity contribution in [2.45, 2.75) is 0 Å². The molecule has 0 saturated carbocycles. The summed E-state index contributed by atoms with van der Waals surface area (Å²) in [6.07, 6.45) is 8.92. The fourth-order valence-corrected chi connectivity index (χ4v) is 0.547. The van der Waals surface area contributed by atoms with Crippen LogP contribution in [0.1, 0.15) is 0 Å². The lowest BCUT2D eigenvalue weighted by Crippen LogP contribution is -1.85. The Bertz CT molecular complexity index is 201. The number of hydrogen-bond acceptors (Lipinski definition) is 2. The van der Waals surface area contributed by atoms with Gasteiger partial charge in [-0.25, -0.2) is 4.99 Å². The molecule has 52 valence electrons. The summed E-state index contributed by atoms with van der Waals surface area (Å²) >= 11 is 0. The molecule has 10 heavy (non-hydrogen) atoms. The van der Waals surface area contributed by atoms with Gasteiger partial charge in [-0.05, 0) is 12.2 Å². The number of rotatable bonds is 0. The van der Waals surface area contributed by atoms with E-state index in [4.69, 9.17) is 4.74 Å². The van der Waals surface area contributed by atoms with Crippen LogP contribution < -0.4 is 0 Å². The molecular weight excluding hydrogens is 126 g/mol. The molecule has 2 nitrogen and oxygen atoms in total. The molecule has 0 fully saturated rings. The molecule has 0 amide bonds. The Labute approximate surface area is 60.2 Å². The molecule has 1 aliphatic rings. The standard InChI is InChI=1S/C8H9NO/c1-8-5-3-2-4-6-10-7-9-8/h2-5,7H,1,6H2/b4-2-,5-3-,9-7?. The predicted octanol–water partition coefficient (Wildman–Crippen LogP) is 1.67. The lowest BCUT2D eigenvalue weighted by Gasteiger charge is -1.90. The highest BCUT2D eigenvalue weighted by atomic mass is 16.5. The molecule has 0 spiro atoms. The lowest BCUT2D eigenvalue weighted by molar-refractivity contribution is 0.367. The second kappa shape index (κ2) is 3.67. The van der Waals surface area contributed by atoms with Crippen LogP contribution in [0.3, 0.4) is 0 Å². The Hall–Kier alpha value is -1.31. The monoisotopic (exact) mass is 135 g/mol. The van der Waals surface area contributed by atoms with E-state index in [9.17, 15) is 0 Å². The molecule has 0 bridgehead atoms. The normalized spacial score (nSPS) is 23.8. The van der Waals surface area contributed by atoms with Crippen molar-refractivity contribution in [2.24, 2.45) is 4.99 Å². The zero-order valence-electron chi connectivity index (χ0n) is 5.66. The van der Waals surface area contributed by atoms with Gasteiger partial charge in [-0.15, -0.1) is 0 Å². The molecule has 0 aliphatic carbocycles. The maximum absolute atomic E-state index is 4.95. The fraction of sp³-hybridized carbons (Fsp3) is 0.125. The predicted molar refractivity (Wildman–Crippen MR) is 41.9 cm³/mol. The highest BCUT2D eigenvalue weighted by molar-refractivity contribution is 5.50. The second-order valence-electron chi connectivity index (χ2n) is 1.85. The van der Waals surface area contributed by atoms with Crippen molar-refractivity contribution in [1.29, 1.82) is 0 Å². The summed E-state index contributed by atoms with van der Waals surface area (Å²) in [7, 11) is 0. The van der Waals surface area contributed by atoms with E-state index in [0.717, 1.165) is 0 Å². The molecule has 0 aromatic carbocycles. The Morgan fingerprint density at radius 2 is 2.40 bits per heavy atom. The zero-order valence-corrected chi connectivity index (χ0v) is 5.66. The van der Waals surface area contributed by atoms with E-state index in [-0.39, 0.29) is 0 Å². The Balaban J connectivity index is 2.64. The average Bonchev–Trinajstić information content (AvgIpc) is 2.02. The maximum atomic E-state index is 4.95. The van der Waals surface area contributed by atoms with Crippen LogP contribution in [0, 0.1) is 0 Å². The van der Waals surface area contributed by atoms with Gasteiger partial charge in [0.15, 0.2) is 6.40 Å². The third kappa shape index (κ3) is 2.31. The van der Waals surface area contributed by atoms with E-state index >= 15 is 0 Å². The smallest absolute Gasteiger partial charge is 0.174 e. The number of hydrogen-bond donors (Lipinski definition) is 0. The summed E-state index contributed by atoms with van der Waals surface area (Å²) in [6, 6.07) is 0. The largest absolute Gasteiger partial charge is 0.479 e. The van der Waals surface area contributed by atoms with Crippen LogP contribution in [-0.2, 0) is 4.74 Å². The van der Waals surface area contributed by atoms with Crippen molar-refractivity contribution in [2.75, 3.05) is 6.61 Å². The third-order valence-electron chi connectivity index (χ3n) is 1.02. The van der Waals surface area contributed by atoms with Crippen LogP contribution in [0.2, 0.25) is 0 Å². The van der Waals surface area contributed by atoms with E-state index in [1.165, 1.54) is 6.40 Å². The van der Waals surface area contributed by atoms with Crippen molar-refractivity contribution in [1.82, 2.24) is 0 Å². The molecule has 0 radical (unpaired) electrons. The maximum Gasteiger partial charge on any atom is 0.174 e. The summed E-state index contributed by atoms with van der Waals surface area (Å²) in [5.41, 5.74) is 0.701. The first-order chi connectivity index (χ1) is 4.89. The van der Waals surface area contributed by atoms with Crippen LogP contribution in [0.4, 0.5) is 0 Å². The van der Waals surface area contributed by atoms with E-state index in [1.807, 2.05) is 24.3 Å². The molecular formula is C8H9NO. The van der Waals surface area contributed by atoms with Gasteiger partial charge in [0.25, 0.3) is 0 Å². The van der Waals surface area contributed by atoms with Crippen molar-refractivity contribution in [3.8, 4) is 0 Å². The number of nitrogens with zero attached hydrogens (tertiary/aromatic N) is 1. The van der Waals surface area contributed by atoms with Crippen molar-refractivity contribution in [3.05, 3.63) is 36.6 Å². The molecule has 2 heteroatoms. The first-order valence-electron chi connectivity index (χ1n) is 3.06. The highest BCUT2D eigenvalue weighted by Gasteiger charge is 1.82. The number of aliphatic imine (C=N–C) groups is 1. The number of ether oxygens (including phenoxy) is 1. The van der Waals surface area contributed by atoms with Gasteiger partial charge in [0.1, 0.15) is 6.61 Å². The third-order valence-corrected chi connectivity index (χ3v) is 1.02. The summed E-state index contributed by atoms with van der Waals surface area (Å²) < 4.78 is 4.95. The van der Waals surface area contributed by atoms with Gasteiger partial charge in [0.2, 0.25) is 0 Å². The van der Waals surface area contributed by atoms with Crippen molar-refractivity contribution < 1.29 is 4.74 Å². The summed E-state index contributed by atoms with van der Waals surface area (Å²) in [5, 5.41) is 0. The summed E-state index contributed by atoms with van der Waals surface area (Å²) in [6.45, 7) is 4.23. The van der Waals surface area contributed by atoms with E-state index in [2.05, 4.69) is 11.6 Å². The van der Waals surface area contributed by atoms with Gasteiger partial charge in [-0.1, -0.05) is 18.7 Å². The van der Waals surface area contributed by atoms with Crippen LogP contribution >= 0.6 is 0 Å². The quantitative estimate of drug-likeness (QED) is 0.495. The van der Waals surface area contributed by atoms with Crippen LogP contribution in [0.25, 0.3) is 0 Å². The second-order valence-corrected chi connectivity index (χ2v) is 1.85. The Kier molecular flexibility index (Phi) is 2.49. The highest BCUT2D eigenvalue weighted by Crippen LogP contribution is 1.95. The van der Waals surface area contributed by atoms with Crippen LogP contribution in [0.15, 0.2) is 41.6 Å². The summed E-state index contributed by atoms with van der Waals surface area (Å²) in [5.74, 6) is 0. The fourth-order valence-electron chi connectivity index (χ4n) is 0.547. The van der Waals surface area contributed by atoms with Crippen LogP contribution in [0.5, 0.6) is 0 Å². The molecule has 0 aromatic rings. The van der Waals surface area contributed by atoms with E-state index < -0.39 is 0 Å². The van der Waals surface area contributed by atoms with Gasteiger partial charge in [-0.2, -0.15) is 0 Å². The molecule has 0 aromatic heterocycles. The molecule has 0 N–H and O–H groups in total. The topological polar surface area (TPSA) is 21.6 Å². The van der Waals surface area contributed by atoms with Gasteiger partial charge < -0.3 is 4.74 Å². The SMILES string of the molecule is C=C1/C=C\C=C/COC=N1. The molecule has 1 heterocycles. The molecule has 1 aliphatic heterocycles. The van der Waals surface area contributed by atoms with E-state index in [1.54, 1.807) is 0 Å². The Morgan fingerprint density at radius 1 is 1.50 bits per heavy atom. The minimum atomic E-state index is 0.571. The lowest BCUT2D eigenvalue weighted by atomic mass is 10.4. The van der Waals surface area contributed by atoms with Gasteiger partial charge in [-0.3, -0.25) is 0 Å². The zero-order chi connectivity index (χ0) is 7.23. The van der Waals surface area contributed by atoms with Crippen LogP contribution in [-0.4, -0.2) is 13.0 Å². The first kappa shape index (κ1) is 6.81. The minimum absolute atomic E-state index is 0.571. The van der Waals surface area contributed by atoms with Gasteiger partial charge >= 0.3 is 0 Å². The first-order valence-corrected chi connectivity index (χ1v) is 3.06. The molecule has 0 saturated heterocycles.